The lowest BCUT2D eigenvalue weighted by Gasteiger charge is -2.28. The van der Waals surface area contributed by atoms with Crippen LogP contribution in [0.5, 0.6) is 0 Å². The first-order valence-electron chi connectivity index (χ1n) is 7.32. The Labute approximate surface area is 131 Å². The number of rotatable bonds is 5. The molecule has 0 unspecified atom stereocenters. The molecule has 0 spiro atoms. The van der Waals surface area contributed by atoms with Crippen LogP contribution in [-0.2, 0) is 4.74 Å². The number of aromatic nitrogens is 1. The second-order valence-corrected chi connectivity index (χ2v) is 5.48. The number of carbonyl (C=O) groups is 2. The van der Waals surface area contributed by atoms with Crippen molar-refractivity contribution < 1.29 is 28.2 Å². The molecular weight excluding hydrogens is 310 g/mol. The number of ether oxygens (including phenoxy) is 1. The summed E-state index contributed by atoms with van der Waals surface area (Å²) in [5, 5.41) is 11.7. The predicted molar refractivity (Wildman–Crippen MR) is 76.5 cm³/mol. The number of nitrogens with zero attached hydrogens (tertiary/aromatic N) is 1. The van der Waals surface area contributed by atoms with Gasteiger partial charge in [-0.3, -0.25) is 4.79 Å². The van der Waals surface area contributed by atoms with Gasteiger partial charge in [0.1, 0.15) is 5.69 Å². The standard InChI is InChI=1S/C15H18F2N2O4/c1-8-11(14(21)22)6-7-12(18-8)13(20)19-9-2-4-10(5-3-9)23-15(16)17/h6-7,9-10,15H,2-5H2,1H3,(H,19,20)(H,21,22). The number of nitrogens with one attached hydrogen (secondary N) is 1. The molecule has 2 N–H and O–H groups in total. The Kier molecular flexibility index (Phi) is 5.59. The van der Waals surface area contributed by atoms with Gasteiger partial charge in [0.05, 0.1) is 17.4 Å². The van der Waals surface area contributed by atoms with Gasteiger partial charge in [-0.25, -0.2) is 9.78 Å². The first-order chi connectivity index (χ1) is 10.9. The van der Waals surface area contributed by atoms with Crippen LogP contribution in [0.4, 0.5) is 8.78 Å². The van der Waals surface area contributed by atoms with Crippen molar-refractivity contribution in [2.75, 3.05) is 0 Å². The highest BCUT2D eigenvalue weighted by Gasteiger charge is 2.25. The van der Waals surface area contributed by atoms with Crippen LogP contribution in [0.25, 0.3) is 0 Å². The van der Waals surface area contributed by atoms with E-state index in [9.17, 15) is 18.4 Å². The minimum absolute atomic E-state index is 0.0474. The van der Waals surface area contributed by atoms with Crippen molar-refractivity contribution in [2.24, 2.45) is 0 Å². The van der Waals surface area contributed by atoms with E-state index in [0.717, 1.165) is 0 Å². The molecule has 0 aromatic carbocycles. The lowest BCUT2D eigenvalue weighted by molar-refractivity contribution is -0.170. The number of hydrogen-bond donors (Lipinski definition) is 2. The van der Waals surface area contributed by atoms with Gasteiger partial charge >= 0.3 is 12.6 Å². The molecule has 1 aliphatic carbocycles. The summed E-state index contributed by atoms with van der Waals surface area (Å²) in [6.45, 7) is -1.25. The lowest BCUT2D eigenvalue weighted by atomic mass is 9.93. The molecule has 23 heavy (non-hydrogen) atoms. The Morgan fingerprint density at radius 2 is 1.96 bits per heavy atom. The number of hydrogen-bond acceptors (Lipinski definition) is 4. The van der Waals surface area contributed by atoms with Gasteiger partial charge in [0.2, 0.25) is 0 Å². The molecule has 126 valence electrons. The third kappa shape index (κ3) is 4.69. The van der Waals surface area contributed by atoms with E-state index in [1.165, 1.54) is 19.1 Å². The normalized spacial score (nSPS) is 21.2. The van der Waals surface area contributed by atoms with E-state index < -0.39 is 24.6 Å². The number of alkyl halides is 2. The maximum Gasteiger partial charge on any atom is 0.345 e. The van der Waals surface area contributed by atoms with Gasteiger partial charge in [-0.1, -0.05) is 0 Å². The van der Waals surface area contributed by atoms with Gasteiger partial charge in [0, 0.05) is 6.04 Å². The van der Waals surface area contributed by atoms with E-state index in [-0.39, 0.29) is 23.0 Å². The molecule has 1 amide bonds. The third-order valence-electron chi connectivity index (χ3n) is 3.85. The Morgan fingerprint density at radius 3 is 2.48 bits per heavy atom. The van der Waals surface area contributed by atoms with Gasteiger partial charge in [-0.05, 0) is 44.7 Å². The van der Waals surface area contributed by atoms with Gasteiger partial charge in [-0.15, -0.1) is 0 Å². The molecule has 0 aliphatic heterocycles. The summed E-state index contributed by atoms with van der Waals surface area (Å²) in [4.78, 5) is 27.1. The van der Waals surface area contributed by atoms with Crippen molar-refractivity contribution in [1.82, 2.24) is 10.3 Å². The number of amides is 1. The van der Waals surface area contributed by atoms with E-state index in [2.05, 4.69) is 15.0 Å². The molecule has 2 rings (SSSR count). The molecule has 1 fully saturated rings. The van der Waals surface area contributed by atoms with Gasteiger partial charge in [0.25, 0.3) is 5.91 Å². The Balaban J connectivity index is 1.90. The number of aromatic carboxylic acids is 1. The highest BCUT2D eigenvalue weighted by atomic mass is 19.3. The first kappa shape index (κ1) is 17.3. The Morgan fingerprint density at radius 1 is 1.30 bits per heavy atom. The molecule has 0 atom stereocenters. The first-order valence-corrected chi connectivity index (χ1v) is 7.32. The van der Waals surface area contributed by atoms with Crippen LogP contribution in [-0.4, -0.2) is 40.7 Å². The molecule has 0 radical (unpaired) electrons. The van der Waals surface area contributed by atoms with Crippen molar-refractivity contribution in [3.05, 3.63) is 29.1 Å². The summed E-state index contributed by atoms with van der Waals surface area (Å²) in [7, 11) is 0. The van der Waals surface area contributed by atoms with Gasteiger partial charge in [-0.2, -0.15) is 8.78 Å². The van der Waals surface area contributed by atoms with E-state index in [0.29, 0.717) is 25.7 Å². The number of pyridine rings is 1. The predicted octanol–water partition coefficient (Wildman–Crippen LogP) is 2.37. The molecule has 1 aliphatic rings. The molecule has 1 aromatic heterocycles. The summed E-state index contributed by atoms with van der Waals surface area (Å²) in [6, 6.07) is 2.57. The van der Waals surface area contributed by atoms with E-state index in [1.807, 2.05) is 0 Å². The fourth-order valence-corrected chi connectivity index (χ4v) is 2.66. The fourth-order valence-electron chi connectivity index (χ4n) is 2.66. The van der Waals surface area contributed by atoms with E-state index in [1.54, 1.807) is 0 Å². The highest BCUT2D eigenvalue weighted by molar-refractivity contribution is 5.94. The second-order valence-electron chi connectivity index (χ2n) is 5.48. The maximum absolute atomic E-state index is 12.1. The number of halogens is 2. The van der Waals surface area contributed by atoms with Gasteiger partial charge < -0.3 is 15.2 Å². The Hall–Kier alpha value is -2.09. The monoisotopic (exact) mass is 328 g/mol. The maximum atomic E-state index is 12.1. The van der Waals surface area contributed by atoms with Crippen molar-refractivity contribution >= 4 is 11.9 Å². The topological polar surface area (TPSA) is 88.5 Å². The van der Waals surface area contributed by atoms with Crippen LogP contribution >= 0.6 is 0 Å². The van der Waals surface area contributed by atoms with Crippen LogP contribution in [0, 0.1) is 6.92 Å². The van der Waals surface area contributed by atoms with E-state index >= 15 is 0 Å². The highest BCUT2D eigenvalue weighted by Crippen LogP contribution is 2.23. The molecule has 6 nitrogen and oxygen atoms in total. The summed E-state index contributed by atoms with van der Waals surface area (Å²) in [5.74, 6) is -1.50. The lowest BCUT2D eigenvalue weighted by Crippen LogP contribution is -2.39. The zero-order valence-electron chi connectivity index (χ0n) is 12.6. The van der Waals surface area contributed by atoms with Crippen LogP contribution in [0.15, 0.2) is 12.1 Å². The molecule has 8 heteroatoms. The number of carboxylic acids is 1. The van der Waals surface area contributed by atoms with Gasteiger partial charge in [0.15, 0.2) is 0 Å². The van der Waals surface area contributed by atoms with Crippen molar-refractivity contribution in [1.29, 1.82) is 0 Å². The largest absolute Gasteiger partial charge is 0.478 e. The fraction of sp³-hybridized carbons (Fsp3) is 0.533. The van der Waals surface area contributed by atoms with Crippen LogP contribution in [0.1, 0.15) is 52.2 Å². The molecule has 1 saturated carbocycles. The minimum Gasteiger partial charge on any atom is -0.478 e. The average molecular weight is 328 g/mol. The number of carbonyl (C=O) groups excluding carboxylic acids is 1. The molecule has 0 saturated heterocycles. The second kappa shape index (κ2) is 7.45. The molecular formula is C15H18F2N2O4. The zero-order chi connectivity index (χ0) is 17.0. The summed E-state index contributed by atoms with van der Waals surface area (Å²) >= 11 is 0. The van der Waals surface area contributed by atoms with Crippen molar-refractivity contribution in [2.45, 2.75) is 51.4 Å². The molecule has 1 heterocycles. The Bertz CT molecular complexity index is 587. The minimum atomic E-state index is -2.77. The van der Waals surface area contributed by atoms with Crippen molar-refractivity contribution in [3.8, 4) is 0 Å². The molecule has 0 bridgehead atoms. The van der Waals surface area contributed by atoms with Crippen LogP contribution < -0.4 is 5.32 Å². The summed E-state index contributed by atoms with van der Waals surface area (Å²) in [5.41, 5.74) is 0.448. The summed E-state index contributed by atoms with van der Waals surface area (Å²) in [6.07, 6.45) is 1.54. The zero-order valence-corrected chi connectivity index (χ0v) is 12.6. The van der Waals surface area contributed by atoms with Crippen LogP contribution in [0.3, 0.4) is 0 Å². The average Bonchev–Trinajstić information content (AvgIpc) is 2.48. The number of aryl methyl sites for hydroxylation is 1. The molecule has 1 aromatic rings. The van der Waals surface area contributed by atoms with Crippen LogP contribution in [0.2, 0.25) is 0 Å². The van der Waals surface area contributed by atoms with Crippen molar-refractivity contribution in [3.63, 3.8) is 0 Å². The number of carboxylic acid groups (broad SMARTS) is 1. The quantitative estimate of drug-likeness (QED) is 0.866. The third-order valence-corrected chi connectivity index (χ3v) is 3.85. The summed E-state index contributed by atoms with van der Waals surface area (Å²) < 4.78 is 28.7. The smallest absolute Gasteiger partial charge is 0.345 e. The SMILES string of the molecule is Cc1nc(C(=O)NC2CCC(OC(F)F)CC2)ccc1C(=O)O. The van der Waals surface area contributed by atoms with E-state index in [4.69, 9.17) is 5.11 Å².